The molecule has 3 nitrogen and oxygen atoms in total. The number of thiophene rings is 1. The molecule has 0 radical (unpaired) electrons. The Labute approximate surface area is 114 Å². The third-order valence-corrected chi connectivity index (χ3v) is 3.41. The standard InChI is InChI=1S/C13H12ClNO2S/c14-11-3-1-2-9(6-11)13(17)15-7-12(16)10-4-5-18-8-10/h1-6,8,12,16H,7H2,(H,15,17). The summed E-state index contributed by atoms with van der Waals surface area (Å²) in [5, 5.41) is 16.8. The van der Waals surface area contributed by atoms with Gasteiger partial charge in [0.25, 0.3) is 5.91 Å². The Morgan fingerprint density at radius 3 is 2.94 bits per heavy atom. The third kappa shape index (κ3) is 3.32. The van der Waals surface area contributed by atoms with Gasteiger partial charge in [-0.3, -0.25) is 4.79 Å². The van der Waals surface area contributed by atoms with Crippen molar-refractivity contribution < 1.29 is 9.90 Å². The molecule has 1 aromatic carbocycles. The van der Waals surface area contributed by atoms with Gasteiger partial charge in [-0.1, -0.05) is 17.7 Å². The van der Waals surface area contributed by atoms with Gasteiger partial charge in [-0.25, -0.2) is 0 Å². The molecule has 0 aliphatic carbocycles. The zero-order valence-electron chi connectivity index (χ0n) is 9.47. The first kappa shape index (κ1) is 13.1. The summed E-state index contributed by atoms with van der Waals surface area (Å²) in [6, 6.07) is 8.53. The number of carbonyl (C=O) groups is 1. The predicted octanol–water partition coefficient (Wildman–Crippen LogP) is 2.86. The molecular weight excluding hydrogens is 270 g/mol. The molecule has 0 aliphatic rings. The number of benzene rings is 1. The van der Waals surface area contributed by atoms with Gasteiger partial charge in [-0.05, 0) is 40.6 Å². The highest BCUT2D eigenvalue weighted by Crippen LogP contribution is 2.15. The molecule has 1 heterocycles. The molecule has 1 amide bonds. The quantitative estimate of drug-likeness (QED) is 0.905. The van der Waals surface area contributed by atoms with E-state index in [-0.39, 0.29) is 12.5 Å². The molecule has 1 atom stereocenters. The van der Waals surface area contributed by atoms with Crippen LogP contribution in [0, 0.1) is 0 Å². The Bertz CT molecular complexity index is 528. The predicted molar refractivity (Wildman–Crippen MR) is 73.1 cm³/mol. The number of halogens is 1. The molecule has 2 N–H and O–H groups in total. The van der Waals surface area contributed by atoms with Gasteiger partial charge < -0.3 is 10.4 Å². The van der Waals surface area contributed by atoms with Crippen LogP contribution in [0.2, 0.25) is 5.02 Å². The van der Waals surface area contributed by atoms with E-state index in [9.17, 15) is 9.90 Å². The molecule has 0 saturated carbocycles. The molecule has 94 valence electrons. The third-order valence-electron chi connectivity index (χ3n) is 2.47. The highest BCUT2D eigenvalue weighted by molar-refractivity contribution is 7.07. The van der Waals surface area contributed by atoms with Crippen molar-refractivity contribution in [1.29, 1.82) is 0 Å². The van der Waals surface area contributed by atoms with Gasteiger partial charge in [0.15, 0.2) is 0 Å². The number of amides is 1. The second kappa shape index (κ2) is 6.00. The van der Waals surface area contributed by atoms with Gasteiger partial charge in [0.2, 0.25) is 0 Å². The zero-order chi connectivity index (χ0) is 13.0. The van der Waals surface area contributed by atoms with E-state index in [4.69, 9.17) is 11.6 Å². The zero-order valence-corrected chi connectivity index (χ0v) is 11.0. The number of carbonyl (C=O) groups excluding carboxylic acids is 1. The van der Waals surface area contributed by atoms with Crippen molar-refractivity contribution in [2.45, 2.75) is 6.10 Å². The molecule has 18 heavy (non-hydrogen) atoms. The SMILES string of the molecule is O=C(NCC(O)c1ccsc1)c1cccc(Cl)c1. The van der Waals surface area contributed by atoms with Crippen molar-refractivity contribution in [3.05, 3.63) is 57.2 Å². The van der Waals surface area contributed by atoms with E-state index in [1.54, 1.807) is 24.3 Å². The van der Waals surface area contributed by atoms with Crippen molar-refractivity contribution in [2.75, 3.05) is 6.54 Å². The van der Waals surface area contributed by atoms with Crippen molar-refractivity contribution >= 4 is 28.8 Å². The fraction of sp³-hybridized carbons (Fsp3) is 0.154. The lowest BCUT2D eigenvalue weighted by Gasteiger charge is -2.10. The van der Waals surface area contributed by atoms with Gasteiger partial charge in [0.05, 0.1) is 6.10 Å². The monoisotopic (exact) mass is 281 g/mol. The molecule has 5 heteroatoms. The highest BCUT2D eigenvalue weighted by atomic mass is 35.5. The smallest absolute Gasteiger partial charge is 0.251 e. The minimum atomic E-state index is -0.681. The van der Waals surface area contributed by atoms with Gasteiger partial charge in [-0.2, -0.15) is 11.3 Å². The van der Waals surface area contributed by atoms with E-state index in [1.165, 1.54) is 11.3 Å². The van der Waals surface area contributed by atoms with Gasteiger partial charge in [0.1, 0.15) is 0 Å². The highest BCUT2D eigenvalue weighted by Gasteiger charge is 2.11. The van der Waals surface area contributed by atoms with Crippen LogP contribution in [0.1, 0.15) is 22.0 Å². The second-order valence-corrected chi connectivity index (χ2v) is 5.01. The first-order chi connectivity index (χ1) is 8.66. The lowest BCUT2D eigenvalue weighted by Crippen LogP contribution is -2.28. The maximum atomic E-state index is 11.8. The lowest BCUT2D eigenvalue weighted by atomic mass is 10.2. The van der Waals surface area contributed by atoms with Crippen LogP contribution in [0.3, 0.4) is 0 Å². The van der Waals surface area contributed by atoms with E-state index in [0.717, 1.165) is 5.56 Å². The maximum absolute atomic E-state index is 11.8. The van der Waals surface area contributed by atoms with E-state index in [2.05, 4.69) is 5.32 Å². The number of nitrogens with one attached hydrogen (secondary N) is 1. The fourth-order valence-corrected chi connectivity index (χ4v) is 2.40. The van der Waals surface area contributed by atoms with Crippen molar-refractivity contribution in [3.63, 3.8) is 0 Å². The number of hydrogen-bond acceptors (Lipinski definition) is 3. The van der Waals surface area contributed by atoms with E-state index in [0.29, 0.717) is 10.6 Å². The van der Waals surface area contributed by atoms with Crippen molar-refractivity contribution in [2.24, 2.45) is 0 Å². The molecule has 0 bridgehead atoms. The Morgan fingerprint density at radius 1 is 1.44 bits per heavy atom. The van der Waals surface area contributed by atoms with Gasteiger partial charge >= 0.3 is 0 Å². The first-order valence-electron chi connectivity index (χ1n) is 5.41. The van der Waals surface area contributed by atoms with Gasteiger partial charge in [0, 0.05) is 17.1 Å². The van der Waals surface area contributed by atoms with E-state index in [1.807, 2.05) is 16.8 Å². The molecule has 2 rings (SSSR count). The molecule has 0 spiro atoms. The number of rotatable bonds is 4. The van der Waals surface area contributed by atoms with Crippen molar-refractivity contribution in [3.8, 4) is 0 Å². The Hall–Kier alpha value is -1.36. The summed E-state index contributed by atoms with van der Waals surface area (Å²) in [7, 11) is 0. The molecule has 0 aliphatic heterocycles. The average molecular weight is 282 g/mol. The van der Waals surface area contributed by atoms with Crippen LogP contribution in [0.25, 0.3) is 0 Å². The largest absolute Gasteiger partial charge is 0.387 e. The van der Waals surface area contributed by atoms with Crippen molar-refractivity contribution in [1.82, 2.24) is 5.32 Å². The molecular formula is C13H12ClNO2S. The number of aliphatic hydroxyl groups is 1. The van der Waals surface area contributed by atoms with Crippen LogP contribution in [0.5, 0.6) is 0 Å². The van der Waals surface area contributed by atoms with Crippen LogP contribution in [-0.4, -0.2) is 17.6 Å². The summed E-state index contributed by atoms with van der Waals surface area (Å²) in [4.78, 5) is 11.8. The van der Waals surface area contributed by atoms with Crippen LogP contribution >= 0.6 is 22.9 Å². The molecule has 2 aromatic rings. The topological polar surface area (TPSA) is 49.3 Å². The Morgan fingerprint density at radius 2 is 2.28 bits per heavy atom. The molecule has 1 aromatic heterocycles. The van der Waals surface area contributed by atoms with E-state index >= 15 is 0 Å². The molecule has 1 unspecified atom stereocenters. The first-order valence-corrected chi connectivity index (χ1v) is 6.73. The normalized spacial score (nSPS) is 12.1. The summed E-state index contributed by atoms with van der Waals surface area (Å²) >= 11 is 7.32. The summed E-state index contributed by atoms with van der Waals surface area (Å²) < 4.78 is 0. The van der Waals surface area contributed by atoms with Gasteiger partial charge in [-0.15, -0.1) is 0 Å². The van der Waals surface area contributed by atoms with Crippen LogP contribution in [-0.2, 0) is 0 Å². The summed E-state index contributed by atoms with van der Waals surface area (Å²) in [5.41, 5.74) is 1.30. The minimum Gasteiger partial charge on any atom is -0.387 e. The molecule has 0 fully saturated rings. The van der Waals surface area contributed by atoms with Crippen LogP contribution < -0.4 is 5.32 Å². The average Bonchev–Trinajstić information content (AvgIpc) is 2.89. The molecule has 0 saturated heterocycles. The number of aliphatic hydroxyl groups excluding tert-OH is 1. The minimum absolute atomic E-state index is 0.183. The second-order valence-electron chi connectivity index (χ2n) is 3.79. The summed E-state index contributed by atoms with van der Waals surface area (Å²) in [6.45, 7) is 0.183. The Kier molecular flexibility index (Phi) is 4.36. The number of hydrogen-bond donors (Lipinski definition) is 2. The lowest BCUT2D eigenvalue weighted by molar-refractivity contribution is 0.0916. The fourth-order valence-electron chi connectivity index (χ4n) is 1.50. The van der Waals surface area contributed by atoms with E-state index < -0.39 is 6.10 Å². The maximum Gasteiger partial charge on any atom is 0.251 e. The summed E-state index contributed by atoms with van der Waals surface area (Å²) in [5.74, 6) is -0.244. The Balaban J connectivity index is 1.92. The van der Waals surface area contributed by atoms with Crippen LogP contribution in [0.4, 0.5) is 0 Å². The summed E-state index contributed by atoms with van der Waals surface area (Å²) in [6.07, 6.45) is -0.681. The van der Waals surface area contributed by atoms with Crippen LogP contribution in [0.15, 0.2) is 41.1 Å².